The van der Waals surface area contributed by atoms with Gasteiger partial charge in [0.25, 0.3) is 0 Å². The van der Waals surface area contributed by atoms with Crippen molar-refractivity contribution in [2.75, 3.05) is 0 Å². The molecule has 12 heavy (non-hydrogen) atoms. The number of carbonyl (C=O) groups excluding carboxylic acids is 1. The van der Waals surface area contributed by atoms with Gasteiger partial charge in [0, 0.05) is 5.41 Å². The zero-order valence-corrected chi connectivity index (χ0v) is 8.09. The van der Waals surface area contributed by atoms with Crippen LogP contribution in [0, 0.1) is 5.41 Å². The summed E-state index contributed by atoms with van der Waals surface area (Å²) in [4.78, 5) is 11.0. The summed E-state index contributed by atoms with van der Waals surface area (Å²) in [5, 5.41) is 0. The number of rotatable bonds is 0. The molecule has 1 aliphatic heterocycles. The van der Waals surface area contributed by atoms with Gasteiger partial charge in [0.15, 0.2) is 0 Å². The molecule has 0 aromatic rings. The predicted octanol–water partition coefficient (Wildman–Crippen LogP) is 1.71. The van der Waals surface area contributed by atoms with Crippen molar-refractivity contribution in [2.45, 2.75) is 46.5 Å². The fourth-order valence-electron chi connectivity index (χ4n) is 1.07. The van der Waals surface area contributed by atoms with Gasteiger partial charge in [0.1, 0.15) is 0 Å². The van der Waals surface area contributed by atoms with E-state index in [0.29, 0.717) is 6.42 Å². The molecule has 0 bridgehead atoms. The van der Waals surface area contributed by atoms with Crippen LogP contribution in [-0.2, 0) is 14.3 Å². The van der Waals surface area contributed by atoms with E-state index in [0.717, 1.165) is 0 Å². The Morgan fingerprint density at radius 2 is 2.00 bits per heavy atom. The number of hydrogen-bond donors (Lipinski definition) is 0. The lowest BCUT2D eigenvalue weighted by Crippen LogP contribution is -2.41. The lowest BCUT2D eigenvalue weighted by Gasteiger charge is -2.35. The van der Waals surface area contributed by atoms with Crippen LogP contribution in [0.3, 0.4) is 0 Å². The second-order valence-electron chi connectivity index (χ2n) is 4.34. The van der Waals surface area contributed by atoms with E-state index in [1.54, 1.807) is 0 Å². The van der Waals surface area contributed by atoms with Crippen LogP contribution in [0.25, 0.3) is 0 Å². The highest BCUT2D eigenvalue weighted by Gasteiger charge is 2.35. The average molecular weight is 172 g/mol. The molecule has 0 unspecified atom stereocenters. The van der Waals surface area contributed by atoms with Crippen molar-refractivity contribution in [3.63, 3.8) is 0 Å². The SMILES string of the molecule is C[C@H]1CC(=O)O[C@H](C(C)(C)C)O1. The van der Waals surface area contributed by atoms with Gasteiger partial charge >= 0.3 is 5.97 Å². The highest BCUT2D eigenvalue weighted by atomic mass is 16.7. The summed E-state index contributed by atoms with van der Waals surface area (Å²) in [7, 11) is 0. The van der Waals surface area contributed by atoms with Crippen LogP contribution in [0.1, 0.15) is 34.1 Å². The van der Waals surface area contributed by atoms with Crippen LogP contribution in [-0.4, -0.2) is 18.4 Å². The second kappa shape index (κ2) is 3.05. The summed E-state index contributed by atoms with van der Waals surface area (Å²) < 4.78 is 10.5. The standard InChI is InChI=1S/C9H16O3/c1-6-5-7(10)12-8(11-6)9(2,3)4/h6,8H,5H2,1-4H3/t6-,8+/m0/s1. The summed E-state index contributed by atoms with van der Waals surface area (Å²) in [5.74, 6) is -0.159. The minimum absolute atomic E-state index is 0.0181. The van der Waals surface area contributed by atoms with Crippen LogP contribution in [0.15, 0.2) is 0 Å². The van der Waals surface area contributed by atoms with Crippen LogP contribution < -0.4 is 0 Å². The minimum Gasteiger partial charge on any atom is -0.435 e. The first-order chi connectivity index (χ1) is 5.39. The third kappa shape index (κ3) is 2.21. The highest BCUT2D eigenvalue weighted by molar-refractivity contribution is 5.70. The quantitative estimate of drug-likeness (QED) is 0.522. The number of carbonyl (C=O) groups is 1. The first-order valence-electron chi connectivity index (χ1n) is 4.24. The van der Waals surface area contributed by atoms with Crippen LogP contribution in [0.4, 0.5) is 0 Å². The van der Waals surface area contributed by atoms with Crippen molar-refractivity contribution in [1.82, 2.24) is 0 Å². The van der Waals surface area contributed by atoms with Crippen molar-refractivity contribution in [3.8, 4) is 0 Å². The molecule has 70 valence electrons. The molecule has 0 aromatic carbocycles. The molecule has 0 radical (unpaired) electrons. The Morgan fingerprint density at radius 3 is 2.42 bits per heavy atom. The monoisotopic (exact) mass is 172 g/mol. The maximum Gasteiger partial charge on any atom is 0.310 e. The largest absolute Gasteiger partial charge is 0.435 e. The van der Waals surface area contributed by atoms with E-state index < -0.39 is 6.29 Å². The van der Waals surface area contributed by atoms with Crippen LogP contribution in [0.2, 0.25) is 0 Å². The molecule has 0 N–H and O–H groups in total. The molecule has 0 amide bonds. The molecule has 1 aliphatic rings. The number of ether oxygens (including phenoxy) is 2. The normalized spacial score (nSPS) is 31.5. The lowest BCUT2D eigenvalue weighted by molar-refractivity contribution is -0.240. The van der Waals surface area contributed by atoms with Crippen molar-refractivity contribution in [3.05, 3.63) is 0 Å². The Morgan fingerprint density at radius 1 is 1.42 bits per heavy atom. The van der Waals surface area contributed by atoms with Gasteiger partial charge in [-0.25, -0.2) is 0 Å². The van der Waals surface area contributed by atoms with E-state index in [9.17, 15) is 4.79 Å². The maximum absolute atomic E-state index is 11.0. The molecular weight excluding hydrogens is 156 g/mol. The average Bonchev–Trinajstić information content (AvgIpc) is 1.82. The second-order valence-corrected chi connectivity index (χ2v) is 4.34. The Kier molecular flexibility index (Phi) is 2.42. The Labute approximate surface area is 73.0 Å². The molecule has 3 heteroatoms. The first-order valence-corrected chi connectivity index (χ1v) is 4.24. The summed E-state index contributed by atoms with van der Waals surface area (Å²) >= 11 is 0. The number of cyclic esters (lactones) is 1. The van der Waals surface area contributed by atoms with Gasteiger partial charge in [-0.2, -0.15) is 0 Å². The summed E-state index contributed by atoms with van der Waals surface area (Å²) in [6.07, 6.45) is -0.0451. The van der Waals surface area contributed by atoms with E-state index in [4.69, 9.17) is 9.47 Å². The Hall–Kier alpha value is -0.570. The van der Waals surface area contributed by atoms with Gasteiger partial charge in [-0.05, 0) is 6.92 Å². The first kappa shape index (κ1) is 9.52. The van der Waals surface area contributed by atoms with Gasteiger partial charge in [-0.3, -0.25) is 4.79 Å². The molecule has 0 saturated carbocycles. The zero-order chi connectivity index (χ0) is 9.35. The lowest BCUT2D eigenvalue weighted by atomic mass is 9.95. The van der Waals surface area contributed by atoms with Gasteiger partial charge in [0.05, 0.1) is 12.5 Å². The molecule has 1 rings (SSSR count). The minimum atomic E-state index is -0.395. The van der Waals surface area contributed by atoms with Gasteiger partial charge in [0.2, 0.25) is 6.29 Å². The van der Waals surface area contributed by atoms with E-state index in [-0.39, 0.29) is 17.5 Å². The highest BCUT2D eigenvalue weighted by Crippen LogP contribution is 2.28. The molecular formula is C9H16O3. The zero-order valence-electron chi connectivity index (χ0n) is 8.09. The smallest absolute Gasteiger partial charge is 0.310 e. The Balaban J connectivity index is 2.62. The van der Waals surface area contributed by atoms with Crippen LogP contribution in [0.5, 0.6) is 0 Å². The molecule has 2 atom stereocenters. The molecule has 1 saturated heterocycles. The van der Waals surface area contributed by atoms with E-state index in [1.807, 2.05) is 27.7 Å². The third-order valence-corrected chi connectivity index (χ3v) is 1.76. The molecule has 3 nitrogen and oxygen atoms in total. The van der Waals surface area contributed by atoms with E-state index in [2.05, 4.69) is 0 Å². The van der Waals surface area contributed by atoms with Gasteiger partial charge in [-0.1, -0.05) is 20.8 Å². The predicted molar refractivity (Wildman–Crippen MR) is 44.5 cm³/mol. The van der Waals surface area contributed by atoms with Crippen molar-refractivity contribution in [1.29, 1.82) is 0 Å². The molecule has 1 fully saturated rings. The van der Waals surface area contributed by atoms with E-state index >= 15 is 0 Å². The maximum atomic E-state index is 11.0. The van der Waals surface area contributed by atoms with Crippen molar-refractivity contribution >= 4 is 5.97 Å². The van der Waals surface area contributed by atoms with Gasteiger partial charge in [-0.15, -0.1) is 0 Å². The molecule has 0 aromatic heterocycles. The summed E-state index contributed by atoms with van der Waals surface area (Å²) in [5.41, 5.74) is -0.135. The molecule has 1 heterocycles. The third-order valence-electron chi connectivity index (χ3n) is 1.76. The molecule has 0 aliphatic carbocycles. The fraction of sp³-hybridized carbons (Fsp3) is 0.889. The van der Waals surface area contributed by atoms with Crippen molar-refractivity contribution < 1.29 is 14.3 Å². The topological polar surface area (TPSA) is 35.5 Å². The summed E-state index contributed by atoms with van der Waals surface area (Å²) in [6.45, 7) is 7.86. The summed E-state index contributed by atoms with van der Waals surface area (Å²) in [6, 6.07) is 0. The van der Waals surface area contributed by atoms with Crippen molar-refractivity contribution in [2.24, 2.45) is 5.41 Å². The fourth-order valence-corrected chi connectivity index (χ4v) is 1.07. The van der Waals surface area contributed by atoms with Crippen LogP contribution >= 0.6 is 0 Å². The number of hydrogen-bond acceptors (Lipinski definition) is 3. The molecule has 0 spiro atoms. The van der Waals surface area contributed by atoms with E-state index in [1.165, 1.54) is 0 Å². The van der Waals surface area contributed by atoms with Gasteiger partial charge < -0.3 is 9.47 Å². The number of esters is 1. The Bertz CT molecular complexity index is 181.